The van der Waals surface area contributed by atoms with Crippen LogP contribution < -0.4 is 11.5 Å². The Morgan fingerprint density at radius 2 is 1.26 bits per heavy atom. The largest absolute Gasteiger partial charge is 0.328 e. The third-order valence-electron chi connectivity index (χ3n) is 3.08. The minimum absolute atomic E-state index is 0. The zero-order chi connectivity index (χ0) is 12.1. The molecule has 19 heavy (non-hydrogen) atoms. The molecule has 0 aliphatic heterocycles. The summed E-state index contributed by atoms with van der Waals surface area (Å²) in [5, 5.41) is 0. The molecule has 0 saturated carbocycles. The fraction of sp³-hybridized carbons (Fsp3) is 0.200. The Labute approximate surface area is 127 Å². The Bertz CT molecular complexity index is 462. The van der Waals surface area contributed by atoms with Crippen molar-refractivity contribution in [2.75, 3.05) is 6.54 Å². The highest BCUT2D eigenvalue weighted by atomic mass is 35.5. The molecular formula is C15H20Cl2N2. The fourth-order valence-electron chi connectivity index (χ4n) is 2.02. The Morgan fingerprint density at radius 1 is 0.789 bits per heavy atom. The van der Waals surface area contributed by atoms with Crippen LogP contribution in [0.5, 0.6) is 0 Å². The molecule has 0 fully saturated rings. The lowest BCUT2D eigenvalue weighted by Gasteiger charge is -2.28. The van der Waals surface area contributed by atoms with Crippen molar-refractivity contribution in [3.8, 4) is 0 Å². The Kier molecular flexibility index (Phi) is 7.72. The van der Waals surface area contributed by atoms with Crippen LogP contribution in [0.2, 0.25) is 0 Å². The molecule has 4 heteroatoms. The maximum absolute atomic E-state index is 6.43. The Balaban J connectivity index is 0.00000162. The van der Waals surface area contributed by atoms with Crippen molar-refractivity contribution in [1.82, 2.24) is 0 Å². The van der Waals surface area contributed by atoms with Crippen LogP contribution in [-0.2, 0) is 12.0 Å². The lowest BCUT2D eigenvalue weighted by Crippen LogP contribution is -2.45. The molecule has 2 aromatic carbocycles. The predicted molar refractivity (Wildman–Crippen MR) is 86.0 cm³/mol. The molecule has 0 aliphatic rings. The second kappa shape index (κ2) is 8.18. The van der Waals surface area contributed by atoms with Gasteiger partial charge in [-0.05, 0) is 17.5 Å². The molecule has 0 heterocycles. The molecule has 1 unspecified atom stereocenters. The summed E-state index contributed by atoms with van der Waals surface area (Å²) in [6.45, 7) is 0.436. The lowest BCUT2D eigenvalue weighted by molar-refractivity contribution is 0.453. The molecule has 4 N–H and O–H groups in total. The van der Waals surface area contributed by atoms with Crippen molar-refractivity contribution in [1.29, 1.82) is 0 Å². The molecule has 0 radical (unpaired) electrons. The van der Waals surface area contributed by atoms with Crippen LogP contribution in [0.4, 0.5) is 0 Å². The second-order valence-corrected chi connectivity index (χ2v) is 4.39. The quantitative estimate of drug-likeness (QED) is 0.912. The van der Waals surface area contributed by atoms with Gasteiger partial charge in [-0.25, -0.2) is 0 Å². The van der Waals surface area contributed by atoms with Gasteiger partial charge >= 0.3 is 0 Å². The van der Waals surface area contributed by atoms with E-state index in [1.54, 1.807) is 0 Å². The summed E-state index contributed by atoms with van der Waals surface area (Å²) < 4.78 is 0. The number of hydrogen-bond donors (Lipinski definition) is 2. The molecule has 0 saturated heterocycles. The van der Waals surface area contributed by atoms with Crippen molar-refractivity contribution in [3.05, 3.63) is 71.8 Å². The van der Waals surface area contributed by atoms with Crippen molar-refractivity contribution < 1.29 is 0 Å². The van der Waals surface area contributed by atoms with E-state index in [2.05, 4.69) is 12.1 Å². The second-order valence-electron chi connectivity index (χ2n) is 4.39. The molecule has 0 aliphatic carbocycles. The number of rotatable bonds is 4. The molecule has 104 valence electrons. The van der Waals surface area contributed by atoms with Crippen LogP contribution in [0.25, 0.3) is 0 Å². The van der Waals surface area contributed by atoms with Crippen LogP contribution in [0.1, 0.15) is 11.1 Å². The van der Waals surface area contributed by atoms with Gasteiger partial charge in [0.05, 0.1) is 5.54 Å². The zero-order valence-corrected chi connectivity index (χ0v) is 12.3. The molecule has 0 spiro atoms. The van der Waals surface area contributed by atoms with E-state index >= 15 is 0 Å². The number of hydrogen-bond acceptors (Lipinski definition) is 2. The van der Waals surface area contributed by atoms with Crippen molar-refractivity contribution in [3.63, 3.8) is 0 Å². The summed E-state index contributed by atoms with van der Waals surface area (Å²) in [5.41, 5.74) is 14.1. The van der Waals surface area contributed by atoms with E-state index in [4.69, 9.17) is 11.5 Å². The minimum Gasteiger partial charge on any atom is -0.328 e. The number of benzene rings is 2. The highest BCUT2D eigenvalue weighted by Crippen LogP contribution is 2.21. The number of nitrogens with two attached hydrogens (primary N) is 2. The van der Waals surface area contributed by atoms with Gasteiger partial charge in [0.1, 0.15) is 0 Å². The highest BCUT2D eigenvalue weighted by Gasteiger charge is 2.25. The summed E-state index contributed by atoms with van der Waals surface area (Å²) in [5.74, 6) is 0. The molecule has 0 aromatic heterocycles. The maximum Gasteiger partial charge on any atom is 0.0574 e. The third-order valence-corrected chi connectivity index (χ3v) is 3.08. The summed E-state index contributed by atoms with van der Waals surface area (Å²) in [6.07, 6.45) is 0.758. The summed E-state index contributed by atoms with van der Waals surface area (Å²) in [6, 6.07) is 20.3. The molecule has 1 atom stereocenters. The molecule has 0 amide bonds. The topological polar surface area (TPSA) is 52.0 Å². The van der Waals surface area contributed by atoms with E-state index in [1.165, 1.54) is 5.56 Å². The van der Waals surface area contributed by atoms with E-state index < -0.39 is 5.54 Å². The van der Waals surface area contributed by atoms with Gasteiger partial charge in [-0.1, -0.05) is 60.7 Å². The van der Waals surface area contributed by atoms with E-state index in [0.29, 0.717) is 6.54 Å². The molecule has 2 nitrogen and oxygen atoms in total. The molecule has 2 rings (SSSR count). The van der Waals surface area contributed by atoms with Gasteiger partial charge in [0, 0.05) is 6.54 Å². The SMILES string of the molecule is Cl.Cl.NCC(N)(Cc1ccccc1)c1ccccc1. The van der Waals surface area contributed by atoms with Crippen LogP contribution in [0.3, 0.4) is 0 Å². The minimum atomic E-state index is -0.484. The molecule has 0 bridgehead atoms. The first-order valence-corrected chi connectivity index (χ1v) is 5.83. The van der Waals surface area contributed by atoms with Gasteiger partial charge in [-0.2, -0.15) is 0 Å². The Hall–Kier alpha value is -1.06. The molecule has 2 aromatic rings. The zero-order valence-electron chi connectivity index (χ0n) is 10.7. The summed E-state index contributed by atoms with van der Waals surface area (Å²) >= 11 is 0. The van der Waals surface area contributed by atoms with Crippen LogP contribution >= 0.6 is 24.8 Å². The van der Waals surface area contributed by atoms with Crippen molar-refractivity contribution in [2.24, 2.45) is 11.5 Å². The third kappa shape index (κ3) is 4.51. The van der Waals surface area contributed by atoms with E-state index in [-0.39, 0.29) is 24.8 Å². The Morgan fingerprint density at radius 3 is 1.74 bits per heavy atom. The van der Waals surface area contributed by atoms with Crippen molar-refractivity contribution >= 4 is 24.8 Å². The van der Waals surface area contributed by atoms with E-state index in [0.717, 1.165) is 12.0 Å². The van der Waals surface area contributed by atoms with Crippen LogP contribution in [0, 0.1) is 0 Å². The first-order chi connectivity index (χ1) is 8.24. The average molecular weight is 299 g/mol. The van der Waals surface area contributed by atoms with Crippen LogP contribution in [0.15, 0.2) is 60.7 Å². The fourth-order valence-corrected chi connectivity index (χ4v) is 2.02. The lowest BCUT2D eigenvalue weighted by atomic mass is 9.85. The average Bonchev–Trinajstić information content (AvgIpc) is 2.41. The first-order valence-electron chi connectivity index (χ1n) is 5.83. The van der Waals surface area contributed by atoms with Crippen molar-refractivity contribution in [2.45, 2.75) is 12.0 Å². The standard InChI is InChI=1S/C15H18N2.2ClH/c16-12-15(17,14-9-5-2-6-10-14)11-13-7-3-1-4-8-13;;/h1-10H,11-12,16-17H2;2*1H. The van der Waals surface area contributed by atoms with Gasteiger partial charge in [0.25, 0.3) is 0 Å². The predicted octanol–water partition coefficient (Wildman–Crippen LogP) is 2.89. The van der Waals surface area contributed by atoms with Gasteiger partial charge < -0.3 is 11.5 Å². The van der Waals surface area contributed by atoms with E-state index in [1.807, 2.05) is 48.5 Å². The van der Waals surface area contributed by atoms with E-state index in [9.17, 15) is 0 Å². The van der Waals surface area contributed by atoms with Crippen LogP contribution in [-0.4, -0.2) is 6.54 Å². The molecular weight excluding hydrogens is 279 g/mol. The maximum atomic E-state index is 6.43. The highest BCUT2D eigenvalue weighted by molar-refractivity contribution is 5.85. The monoisotopic (exact) mass is 298 g/mol. The first kappa shape index (κ1) is 17.9. The number of halogens is 2. The normalized spacial score (nSPS) is 12.7. The van der Waals surface area contributed by atoms with Gasteiger partial charge in [0.15, 0.2) is 0 Å². The summed E-state index contributed by atoms with van der Waals surface area (Å²) in [7, 11) is 0. The van der Waals surface area contributed by atoms with Gasteiger partial charge in [-0.3, -0.25) is 0 Å². The van der Waals surface area contributed by atoms with Gasteiger partial charge in [0.2, 0.25) is 0 Å². The smallest absolute Gasteiger partial charge is 0.0574 e. The summed E-state index contributed by atoms with van der Waals surface area (Å²) in [4.78, 5) is 0. The van der Waals surface area contributed by atoms with Gasteiger partial charge in [-0.15, -0.1) is 24.8 Å².